The Labute approximate surface area is 157 Å². The third-order valence-electron chi connectivity index (χ3n) is 7.50. The van der Waals surface area contributed by atoms with E-state index in [4.69, 9.17) is 0 Å². The molecular weight excluding hydrogens is 320 g/mol. The van der Waals surface area contributed by atoms with Gasteiger partial charge in [0.2, 0.25) is 5.91 Å². The Balaban J connectivity index is 1.25. The lowest BCUT2D eigenvalue weighted by molar-refractivity contribution is -0.128. The average Bonchev–Trinajstić information content (AvgIpc) is 3.43. The molecule has 2 unspecified atom stereocenters. The Morgan fingerprint density at radius 3 is 2.12 bits per heavy atom. The highest BCUT2D eigenvalue weighted by Gasteiger charge is 2.51. The van der Waals surface area contributed by atoms with E-state index < -0.39 is 0 Å². The van der Waals surface area contributed by atoms with E-state index in [1.807, 2.05) is 6.92 Å². The van der Waals surface area contributed by atoms with Crippen molar-refractivity contribution >= 4 is 5.91 Å². The first kappa shape index (κ1) is 16.8. The number of amides is 1. The van der Waals surface area contributed by atoms with Gasteiger partial charge in [0.25, 0.3) is 0 Å². The van der Waals surface area contributed by atoms with E-state index in [1.165, 1.54) is 56.9 Å². The Morgan fingerprint density at radius 2 is 1.58 bits per heavy atom. The van der Waals surface area contributed by atoms with Gasteiger partial charge in [0.15, 0.2) is 0 Å². The van der Waals surface area contributed by atoms with Crippen molar-refractivity contribution in [3.8, 4) is 0 Å². The van der Waals surface area contributed by atoms with E-state index in [0.717, 1.165) is 17.8 Å². The molecule has 1 amide bonds. The molecule has 1 aromatic rings. The van der Waals surface area contributed by atoms with Crippen LogP contribution in [0.25, 0.3) is 0 Å². The second-order valence-electron chi connectivity index (χ2n) is 9.80. The van der Waals surface area contributed by atoms with Crippen molar-refractivity contribution in [2.24, 2.45) is 23.7 Å². The summed E-state index contributed by atoms with van der Waals surface area (Å²) < 4.78 is 0. The molecule has 0 aliphatic heterocycles. The van der Waals surface area contributed by atoms with E-state index >= 15 is 0 Å². The van der Waals surface area contributed by atoms with E-state index in [-0.39, 0.29) is 17.5 Å². The molecule has 0 saturated heterocycles. The monoisotopic (exact) mass is 352 g/mol. The SMILES string of the molecule is CC(NC(c1ccccc1)C1CC1)C(=O)NC12CC3CC(CC(C3)C1)C2. The molecule has 0 radical (unpaired) electrons. The minimum absolute atomic E-state index is 0.115. The predicted octanol–water partition coefficient (Wildman–Crippen LogP) is 4.20. The molecule has 2 atom stereocenters. The van der Waals surface area contributed by atoms with Gasteiger partial charge in [0.05, 0.1) is 6.04 Å². The second-order valence-corrected chi connectivity index (χ2v) is 9.80. The van der Waals surface area contributed by atoms with E-state index in [0.29, 0.717) is 12.0 Å². The van der Waals surface area contributed by atoms with Crippen molar-refractivity contribution in [1.82, 2.24) is 10.6 Å². The van der Waals surface area contributed by atoms with Crippen LogP contribution in [0.3, 0.4) is 0 Å². The van der Waals surface area contributed by atoms with Crippen LogP contribution in [0.1, 0.15) is 69.9 Å². The number of carbonyl (C=O) groups excluding carboxylic acids is 1. The Bertz CT molecular complexity index is 631. The van der Waals surface area contributed by atoms with E-state index in [9.17, 15) is 4.79 Å². The minimum Gasteiger partial charge on any atom is -0.349 e. The van der Waals surface area contributed by atoms with Gasteiger partial charge in [-0.25, -0.2) is 0 Å². The van der Waals surface area contributed by atoms with Crippen LogP contribution in [0.4, 0.5) is 0 Å². The fourth-order valence-corrected chi connectivity index (χ4v) is 6.57. The van der Waals surface area contributed by atoms with Crippen molar-refractivity contribution in [2.45, 2.75) is 75.9 Å². The number of hydrogen-bond donors (Lipinski definition) is 2. The summed E-state index contributed by atoms with van der Waals surface area (Å²) in [5, 5.41) is 7.20. The van der Waals surface area contributed by atoms with Crippen LogP contribution in [0, 0.1) is 23.7 Å². The largest absolute Gasteiger partial charge is 0.349 e. The summed E-state index contributed by atoms with van der Waals surface area (Å²) in [4.78, 5) is 13.1. The summed E-state index contributed by atoms with van der Waals surface area (Å²) in [5.74, 6) is 3.51. The molecular formula is C23H32N2O. The van der Waals surface area contributed by atoms with Crippen molar-refractivity contribution in [3.63, 3.8) is 0 Å². The highest BCUT2D eigenvalue weighted by Crippen LogP contribution is 2.55. The molecule has 0 spiro atoms. The molecule has 2 N–H and O–H groups in total. The molecule has 5 fully saturated rings. The number of carbonyl (C=O) groups is 1. The quantitative estimate of drug-likeness (QED) is 0.805. The normalized spacial score (nSPS) is 37.3. The first-order chi connectivity index (χ1) is 12.6. The van der Waals surface area contributed by atoms with Gasteiger partial charge in [-0.05, 0) is 87.5 Å². The lowest BCUT2D eigenvalue weighted by Crippen LogP contribution is -2.62. The fraction of sp³-hybridized carbons (Fsp3) is 0.696. The molecule has 5 aliphatic rings. The summed E-state index contributed by atoms with van der Waals surface area (Å²) in [6.45, 7) is 2.05. The predicted molar refractivity (Wildman–Crippen MR) is 104 cm³/mol. The van der Waals surface area contributed by atoms with Gasteiger partial charge in [0.1, 0.15) is 0 Å². The molecule has 0 aromatic heterocycles. The molecule has 140 valence electrons. The van der Waals surface area contributed by atoms with Crippen molar-refractivity contribution < 1.29 is 4.79 Å². The number of rotatable bonds is 6. The maximum Gasteiger partial charge on any atom is 0.237 e. The lowest BCUT2D eigenvalue weighted by atomic mass is 9.53. The number of hydrogen-bond acceptors (Lipinski definition) is 2. The second kappa shape index (κ2) is 6.37. The zero-order chi connectivity index (χ0) is 17.7. The highest BCUT2D eigenvalue weighted by molar-refractivity contribution is 5.82. The minimum atomic E-state index is -0.131. The van der Waals surface area contributed by atoms with Crippen LogP contribution in [-0.2, 0) is 4.79 Å². The summed E-state index contributed by atoms with van der Waals surface area (Å²) in [7, 11) is 0. The topological polar surface area (TPSA) is 41.1 Å². The third-order valence-corrected chi connectivity index (χ3v) is 7.50. The Hall–Kier alpha value is -1.35. The van der Waals surface area contributed by atoms with Gasteiger partial charge in [0, 0.05) is 11.6 Å². The standard InChI is InChI=1S/C23H32N2O/c1-15(24-21(20-7-8-20)19-5-3-2-4-6-19)22(26)25-23-12-16-9-17(13-23)11-18(10-16)14-23/h2-6,15-18,20-21,24H,7-14H2,1H3,(H,25,26). The van der Waals surface area contributed by atoms with Crippen molar-refractivity contribution in [2.75, 3.05) is 0 Å². The zero-order valence-electron chi connectivity index (χ0n) is 15.9. The molecule has 6 rings (SSSR count). The maximum absolute atomic E-state index is 13.1. The molecule has 26 heavy (non-hydrogen) atoms. The first-order valence-corrected chi connectivity index (χ1v) is 10.7. The van der Waals surface area contributed by atoms with Gasteiger partial charge >= 0.3 is 0 Å². The van der Waals surface area contributed by atoms with Crippen LogP contribution in [-0.4, -0.2) is 17.5 Å². The molecule has 1 aromatic carbocycles. The zero-order valence-corrected chi connectivity index (χ0v) is 15.9. The van der Waals surface area contributed by atoms with Crippen molar-refractivity contribution in [3.05, 3.63) is 35.9 Å². The van der Waals surface area contributed by atoms with Gasteiger partial charge in [-0.2, -0.15) is 0 Å². The van der Waals surface area contributed by atoms with E-state index in [2.05, 4.69) is 41.0 Å². The van der Waals surface area contributed by atoms with Gasteiger partial charge in [-0.15, -0.1) is 0 Å². The van der Waals surface area contributed by atoms with Gasteiger partial charge in [-0.1, -0.05) is 30.3 Å². The first-order valence-electron chi connectivity index (χ1n) is 10.7. The number of nitrogens with one attached hydrogen (secondary N) is 2. The van der Waals surface area contributed by atoms with Crippen molar-refractivity contribution in [1.29, 1.82) is 0 Å². The molecule has 3 heteroatoms. The maximum atomic E-state index is 13.1. The Morgan fingerprint density at radius 1 is 1.00 bits per heavy atom. The van der Waals surface area contributed by atoms with Crippen LogP contribution >= 0.6 is 0 Å². The molecule has 0 heterocycles. The summed E-state index contributed by atoms with van der Waals surface area (Å²) in [5.41, 5.74) is 1.44. The van der Waals surface area contributed by atoms with Crippen LogP contribution in [0.5, 0.6) is 0 Å². The molecule has 4 bridgehead atoms. The average molecular weight is 353 g/mol. The molecule has 5 saturated carbocycles. The highest BCUT2D eigenvalue weighted by atomic mass is 16.2. The Kier molecular flexibility index (Phi) is 4.11. The summed E-state index contributed by atoms with van der Waals surface area (Å²) >= 11 is 0. The summed E-state index contributed by atoms with van der Waals surface area (Å²) in [6.07, 6.45) is 10.5. The van der Waals surface area contributed by atoms with Gasteiger partial charge < -0.3 is 5.32 Å². The molecule has 5 aliphatic carbocycles. The molecule has 3 nitrogen and oxygen atoms in total. The fourth-order valence-electron chi connectivity index (χ4n) is 6.57. The lowest BCUT2D eigenvalue weighted by Gasteiger charge is -2.57. The van der Waals surface area contributed by atoms with Crippen LogP contribution in [0.2, 0.25) is 0 Å². The third kappa shape index (κ3) is 3.19. The van der Waals surface area contributed by atoms with Crippen LogP contribution < -0.4 is 10.6 Å². The number of benzene rings is 1. The van der Waals surface area contributed by atoms with Crippen LogP contribution in [0.15, 0.2) is 30.3 Å². The van der Waals surface area contributed by atoms with E-state index in [1.54, 1.807) is 0 Å². The smallest absolute Gasteiger partial charge is 0.237 e. The summed E-state index contributed by atoms with van der Waals surface area (Å²) in [6, 6.07) is 10.8. The van der Waals surface area contributed by atoms with Gasteiger partial charge in [-0.3, -0.25) is 10.1 Å².